The molecule has 2 aliphatic carbocycles. The molecule has 0 heterocycles. The molecular formula is C15H26O2. The molecule has 98 valence electrons. The summed E-state index contributed by atoms with van der Waals surface area (Å²) >= 11 is 0. The maximum Gasteiger partial charge on any atom is 0.164 e. The zero-order valence-electron chi connectivity index (χ0n) is 11.1. The highest BCUT2D eigenvalue weighted by atomic mass is 16.5. The van der Waals surface area contributed by atoms with Crippen LogP contribution in [0.5, 0.6) is 0 Å². The highest BCUT2D eigenvalue weighted by Gasteiger charge is 2.34. The number of ether oxygens (including phenoxy) is 1. The van der Waals surface area contributed by atoms with Crippen LogP contribution in [0, 0.1) is 11.8 Å². The number of rotatable bonds is 4. The lowest BCUT2D eigenvalue weighted by molar-refractivity contribution is -0.138. The minimum Gasteiger partial charge on any atom is -0.373 e. The molecule has 0 aromatic heterocycles. The fraction of sp³-hybridized carbons (Fsp3) is 0.933. The predicted octanol–water partition coefficient (Wildman–Crippen LogP) is 3.73. The summed E-state index contributed by atoms with van der Waals surface area (Å²) in [5, 5.41) is 0. The summed E-state index contributed by atoms with van der Waals surface area (Å²) in [6, 6.07) is 0. The second-order valence-electron chi connectivity index (χ2n) is 5.79. The van der Waals surface area contributed by atoms with E-state index in [1.54, 1.807) is 7.11 Å². The molecule has 2 aliphatic rings. The number of hydrogen-bond donors (Lipinski definition) is 0. The van der Waals surface area contributed by atoms with Gasteiger partial charge in [-0.05, 0) is 31.6 Å². The van der Waals surface area contributed by atoms with Crippen LogP contribution in [0.1, 0.15) is 64.2 Å². The van der Waals surface area contributed by atoms with Crippen molar-refractivity contribution in [2.24, 2.45) is 11.8 Å². The number of ketones is 1. The molecule has 0 spiro atoms. The van der Waals surface area contributed by atoms with Gasteiger partial charge in [-0.25, -0.2) is 0 Å². The van der Waals surface area contributed by atoms with Crippen LogP contribution in [0.3, 0.4) is 0 Å². The van der Waals surface area contributed by atoms with Crippen LogP contribution in [0.25, 0.3) is 0 Å². The molecule has 1 atom stereocenters. The Morgan fingerprint density at radius 3 is 2.00 bits per heavy atom. The second-order valence-corrected chi connectivity index (χ2v) is 5.79. The predicted molar refractivity (Wildman–Crippen MR) is 69.0 cm³/mol. The SMILES string of the molecule is COC(C(=O)C1CCCCC1)C1CCCCC1. The molecule has 2 saturated carbocycles. The highest BCUT2D eigenvalue weighted by molar-refractivity contribution is 5.85. The largest absolute Gasteiger partial charge is 0.373 e. The van der Waals surface area contributed by atoms with Gasteiger partial charge in [0.05, 0.1) is 0 Å². The molecule has 1 unspecified atom stereocenters. The quantitative estimate of drug-likeness (QED) is 0.746. The monoisotopic (exact) mass is 238 g/mol. The number of hydrogen-bond acceptors (Lipinski definition) is 2. The fourth-order valence-corrected chi connectivity index (χ4v) is 3.60. The van der Waals surface area contributed by atoms with Crippen molar-refractivity contribution in [3.63, 3.8) is 0 Å². The molecule has 0 aromatic rings. The molecule has 0 bridgehead atoms. The van der Waals surface area contributed by atoms with Crippen LogP contribution in [-0.2, 0) is 9.53 Å². The molecule has 0 amide bonds. The molecule has 0 aromatic carbocycles. The maximum absolute atomic E-state index is 12.5. The Bertz CT molecular complexity index is 237. The highest BCUT2D eigenvalue weighted by Crippen LogP contribution is 2.32. The van der Waals surface area contributed by atoms with E-state index >= 15 is 0 Å². The number of carbonyl (C=O) groups excluding carboxylic acids is 1. The number of carbonyl (C=O) groups is 1. The smallest absolute Gasteiger partial charge is 0.164 e. The van der Waals surface area contributed by atoms with Gasteiger partial charge in [0.25, 0.3) is 0 Å². The Hall–Kier alpha value is -0.370. The molecule has 2 nitrogen and oxygen atoms in total. The lowest BCUT2D eigenvalue weighted by Crippen LogP contribution is -2.37. The first kappa shape index (κ1) is 13.1. The van der Waals surface area contributed by atoms with Gasteiger partial charge >= 0.3 is 0 Å². The van der Waals surface area contributed by atoms with E-state index in [1.165, 1.54) is 51.4 Å². The number of methoxy groups -OCH3 is 1. The molecule has 0 N–H and O–H groups in total. The fourth-order valence-electron chi connectivity index (χ4n) is 3.60. The van der Waals surface area contributed by atoms with Crippen molar-refractivity contribution in [3.8, 4) is 0 Å². The summed E-state index contributed by atoms with van der Waals surface area (Å²) in [6.07, 6.45) is 12.2. The van der Waals surface area contributed by atoms with Crippen molar-refractivity contribution >= 4 is 5.78 Å². The lowest BCUT2D eigenvalue weighted by Gasteiger charge is -2.31. The standard InChI is InChI=1S/C15H26O2/c1-17-15(13-10-6-3-7-11-13)14(16)12-8-4-2-5-9-12/h12-13,15H,2-11H2,1H3. The van der Waals surface area contributed by atoms with Crippen LogP contribution in [0.2, 0.25) is 0 Å². The maximum atomic E-state index is 12.5. The van der Waals surface area contributed by atoms with E-state index in [4.69, 9.17) is 4.74 Å². The molecule has 0 radical (unpaired) electrons. The minimum atomic E-state index is -0.0987. The van der Waals surface area contributed by atoms with Crippen molar-refractivity contribution in [1.29, 1.82) is 0 Å². The molecule has 17 heavy (non-hydrogen) atoms. The molecule has 0 saturated heterocycles. The third kappa shape index (κ3) is 3.31. The summed E-state index contributed by atoms with van der Waals surface area (Å²) in [6.45, 7) is 0. The molecular weight excluding hydrogens is 212 g/mol. The molecule has 2 rings (SSSR count). The van der Waals surface area contributed by atoms with Gasteiger partial charge in [-0.3, -0.25) is 4.79 Å². The van der Waals surface area contributed by atoms with Crippen LogP contribution in [0.4, 0.5) is 0 Å². The van der Waals surface area contributed by atoms with Crippen molar-refractivity contribution in [2.75, 3.05) is 7.11 Å². The average Bonchev–Trinajstić information content (AvgIpc) is 2.42. The van der Waals surface area contributed by atoms with Gasteiger partial charge in [0.15, 0.2) is 5.78 Å². The van der Waals surface area contributed by atoms with Gasteiger partial charge in [-0.2, -0.15) is 0 Å². The summed E-state index contributed by atoms with van der Waals surface area (Å²) in [5.41, 5.74) is 0. The summed E-state index contributed by atoms with van der Waals surface area (Å²) in [7, 11) is 1.72. The third-order valence-corrected chi connectivity index (χ3v) is 4.62. The average molecular weight is 238 g/mol. The summed E-state index contributed by atoms with van der Waals surface area (Å²) < 4.78 is 5.56. The van der Waals surface area contributed by atoms with Gasteiger partial charge in [-0.1, -0.05) is 38.5 Å². The van der Waals surface area contributed by atoms with Crippen molar-refractivity contribution in [1.82, 2.24) is 0 Å². The third-order valence-electron chi connectivity index (χ3n) is 4.62. The van der Waals surface area contributed by atoms with E-state index in [0.29, 0.717) is 17.6 Å². The van der Waals surface area contributed by atoms with Crippen molar-refractivity contribution < 1.29 is 9.53 Å². The van der Waals surface area contributed by atoms with Gasteiger partial charge in [0.2, 0.25) is 0 Å². The van der Waals surface area contributed by atoms with Crippen LogP contribution in [0.15, 0.2) is 0 Å². The Morgan fingerprint density at radius 2 is 1.47 bits per heavy atom. The Morgan fingerprint density at radius 1 is 0.941 bits per heavy atom. The minimum absolute atomic E-state index is 0.0987. The zero-order valence-corrected chi connectivity index (χ0v) is 11.1. The van der Waals surface area contributed by atoms with Crippen LogP contribution < -0.4 is 0 Å². The topological polar surface area (TPSA) is 26.3 Å². The Kier molecular flexibility index (Phi) is 5.02. The summed E-state index contributed by atoms with van der Waals surface area (Å²) in [4.78, 5) is 12.5. The molecule has 2 heteroatoms. The van der Waals surface area contributed by atoms with Crippen molar-refractivity contribution in [3.05, 3.63) is 0 Å². The van der Waals surface area contributed by atoms with E-state index in [1.807, 2.05) is 0 Å². The van der Waals surface area contributed by atoms with E-state index in [2.05, 4.69) is 0 Å². The van der Waals surface area contributed by atoms with Gasteiger partial charge < -0.3 is 4.74 Å². The zero-order chi connectivity index (χ0) is 12.1. The first-order valence-electron chi connectivity index (χ1n) is 7.39. The van der Waals surface area contributed by atoms with Gasteiger partial charge in [0.1, 0.15) is 6.10 Å². The normalized spacial score (nSPS) is 25.7. The van der Waals surface area contributed by atoms with Crippen LogP contribution >= 0.6 is 0 Å². The van der Waals surface area contributed by atoms with E-state index in [9.17, 15) is 4.79 Å². The Labute approximate surface area is 105 Å². The van der Waals surface area contributed by atoms with Crippen molar-refractivity contribution in [2.45, 2.75) is 70.3 Å². The molecule has 0 aliphatic heterocycles. The second kappa shape index (κ2) is 6.53. The van der Waals surface area contributed by atoms with Gasteiger partial charge in [-0.15, -0.1) is 0 Å². The van der Waals surface area contributed by atoms with E-state index in [-0.39, 0.29) is 6.10 Å². The first-order chi connectivity index (χ1) is 8.33. The van der Waals surface area contributed by atoms with E-state index in [0.717, 1.165) is 12.8 Å². The molecule has 2 fully saturated rings. The first-order valence-corrected chi connectivity index (χ1v) is 7.39. The summed E-state index contributed by atoms with van der Waals surface area (Å²) in [5.74, 6) is 1.22. The number of Topliss-reactive ketones (excluding diaryl/α,β-unsaturated/α-hetero) is 1. The Balaban J connectivity index is 1.93. The van der Waals surface area contributed by atoms with Gasteiger partial charge in [0, 0.05) is 13.0 Å². The van der Waals surface area contributed by atoms with Crippen LogP contribution in [-0.4, -0.2) is 19.0 Å². The van der Waals surface area contributed by atoms with E-state index < -0.39 is 0 Å². The lowest BCUT2D eigenvalue weighted by atomic mass is 9.77.